The topological polar surface area (TPSA) is 128 Å². The summed E-state index contributed by atoms with van der Waals surface area (Å²) in [6.45, 7) is 7.55. The largest absolute Gasteiger partial charge is 0.481 e. The fraction of sp³-hybridized carbons (Fsp3) is 0.625. The molecule has 0 saturated heterocycles. The van der Waals surface area contributed by atoms with Crippen molar-refractivity contribution in [3.8, 4) is 0 Å². The molecule has 0 aliphatic heterocycles. The Labute approximate surface area is 190 Å². The molecule has 0 spiro atoms. The van der Waals surface area contributed by atoms with Crippen LogP contribution < -0.4 is 11.1 Å². The molecule has 0 aliphatic rings. The average Bonchev–Trinajstić information content (AvgIpc) is 2.68. The van der Waals surface area contributed by atoms with E-state index in [1.54, 1.807) is 20.8 Å². The number of aryl methyl sites for hydroxylation is 1. The molecule has 8 nitrogen and oxygen atoms in total. The first-order valence-electron chi connectivity index (χ1n) is 11.2. The van der Waals surface area contributed by atoms with E-state index in [0.29, 0.717) is 19.4 Å². The summed E-state index contributed by atoms with van der Waals surface area (Å²) in [6, 6.07) is 7.53. The van der Waals surface area contributed by atoms with Crippen LogP contribution in [-0.4, -0.2) is 40.8 Å². The number of carbonyl (C=O) groups is 3. The summed E-state index contributed by atoms with van der Waals surface area (Å²) < 4.78 is 11.4. The van der Waals surface area contributed by atoms with Crippen LogP contribution in [0.15, 0.2) is 24.3 Å². The molecule has 1 aromatic carbocycles. The van der Waals surface area contributed by atoms with Crippen molar-refractivity contribution in [1.82, 2.24) is 5.32 Å². The van der Waals surface area contributed by atoms with E-state index in [2.05, 4.69) is 5.32 Å². The van der Waals surface area contributed by atoms with Crippen molar-refractivity contribution >= 4 is 18.0 Å². The predicted molar refractivity (Wildman–Crippen MR) is 122 cm³/mol. The number of alkyl carbamates (subject to hydrolysis) is 1. The van der Waals surface area contributed by atoms with E-state index >= 15 is 0 Å². The van der Waals surface area contributed by atoms with Gasteiger partial charge in [-0.3, -0.25) is 9.59 Å². The van der Waals surface area contributed by atoms with E-state index in [9.17, 15) is 14.4 Å². The first-order chi connectivity index (χ1) is 15.0. The van der Waals surface area contributed by atoms with Crippen molar-refractivity contribution in [2.24, 2.45) is 5.73 Å². The Bertz CT molecular complexity index is 744. The van der Waals surface area contributed by atoms with Gasteiger partial charge in [0.2, 0.25) is 5.91 Å². The Balaban J connectivity index is 2.68. The lowest BCUT2D eigenvalue weighted by Gasteiger charge is -2.27. The molecule has 0 radical (unpaired) electrons. The molecule has 0 saturated carbocycles. The van der Waals surface area contributed by atoms with Gasteiger partial charge in [-0.2, -0.15) is 0 Å². The van der Waals surface area contributed by atoms with E-state index in [4.69, 9.17) is 20.3 Å². The molecule has 32 heavy (non-hydrogen) atoms. The highest BCUT2D eigenvalue weighted by Gasteiger charge is 2.24. The highest BCUT2D eigenvalue weighted by molar-refractivity contribution is 5.74. The predicted octanol–water partition coefficient (Wildman–Crippen LogP) is 3.94. The summed E-state index contributed by atoms with van der Waals surface area (Å²) >= 11 is 0. The van der Waals surface area contributed by atoms with Crippen LogP contribution in [-0.2, 0) is 32.1 Å². The maximum absolute atomic E-state index is 12.2. The zero-order valence-electron chi connectivity index (χ0n) is 19.7. The number of nitrogens with two attached hydrogens (primary N) is 1. The van der Waals surface area contributed by atoms with Crippen LogP contribution in [0.5, 0.6) is 0 Å². The maximum atomic E-state index is 12.2. The number of hydrogen-bond acceptors (Lipinski definition) is 5. The fourth-order valence-corrected chi connectivity index (χ4v) is 3.23. The monoisotopic (exact) mass is 450 g/mol. The second-order valence-corrected chi connectivity index (χ2v) is 9.00. The fourth-order valence-electron chi connectivity index (χ4n) is 3.23. The van der Waals surface area contributed by atoms with Crippen molar-refractivity contribution in [1.29, 1.82) is 0 Å². The molecule has 180 valence electrons. The summed E-state index contributed by atoms with van der Waals surface area (Å²) in [7, 11) is 0. The number of rotatable bonds is 14. The number of nitrogens with one attached hydrogen (secondary N) is 1. The van der Waals surface area contributed by atoms with Gasteiger partial charge in [0.25, 0.3) is 0 Å². The number of carboxylic acid groups (broad SMARTS) is 1. The van der Waals surface area contributed by atoms with Crippen LogP contribution in [0.2, 0.25) is 0 Å². The lowest BCUT2D eigenvalue weighted by atomic mass is 10.0. The quantitative estimate of drug-likeness (QED) is 0.368. The molecule has 1 rings (SSSR count). The molecule has 0 unspecified atom stereocenters. The molecule has 2 amide bonds. The third-order valence-corrected chi connectivity index (χ3v) is 4.93. The van der Waals surface area contributed by atoms with E-state index in [0.717, 1.165) is 30.4 Å². The van der Waals surface area contributed by atoms with Crippen molar-refractivity contribution in [3.05, 3.63) is 35.4 Å². The number of benzene rings is 1. The number of aliphatic carboxylic acids is 1. The third-order valence-electron chi connectivity index (χ3n) is 4.93. The summed E-state index contributed by atoms with van der Waals surface area (Å²) in [4.78, 5) is 34.1. The van der Waals surface area contributed by atoms with Gasteiger partial charge in [0.15, 0.2) is 0 Å². The zero-order chi connectivity index (χ0) is 24.1. The zero-order valence-corrected chi connectivity index (χ0v) is 19.7. The number of ether oxygens (including phenoxy) is 2. The van der Waals surface area contributed by atoms with Crippen molar-refractivity contribution < 1.29 is 29.0 Å². The molecular weight excluding hydrogens is 412 g/mol. The van der Waals surface area contributed by atoms with E-state index in [-0.39, 0.29) is 18.9 Å². The van der Waals surface area contributed by atoms with Gasteiger partial charge in [-0.05, 0) is 64.5 Å². The molecule has 8 heteroatoms. The minimum Gasteiger partial charge on any atom is -0.481 e. The number of hydrogen-bond donors (Lipinski definition) is 3. The molecule has 0 bridgehead atoms. The van der Waals surface area contributed by atoms with Gasteiger partial charge in [-0.25, -0.2) is 4.79 Å². The van der Waals surface area contributed by atoms with Crippen LogP contribution in [0, 0.1) is 0 Å². The first kappa shape index (κ1) is 27.4. The van der Waals surface area contributed by atoms with Gasteiger partial charge in [0.1, 0.15) is 5.60 Å². The summed E-state index contributed by atoms with van der Waals surface area (Å²) in [6.07, 6.45) is 3.00. The number of carbonyl (C=O) groups excluding carboxylic acids is 2. The van der Waals surface area contributed by atoms with Crippen LogP contribution in [0.25, 0.3) is 0 Å². The van der Waals surface area contributed by atoms with Gasteiger partial charge in [-0.1, -0.05) is 30.7 Å². The standard InChI is InChI=1S/C24H38N2O6/c1-17(20(14-15-21(25)27)26-23(30)32-24(2,3)4)31-16-19-12-9-8-11-18(19)10-6-5-7-13-22(28)29/h8-9,11-12,17,20H,5-7,10,13-16H2,1-4H3,(H2,25,27)(H,26,30)(H,28,29)/t17-,20+/m1/s1. The van der Waals surface area contributed by atoms with Gasteiger partial charge in [-0.15, -0.1) is 0 Å². The number of carboxylic acids is 1. The van der Waals surface area contributed by atoms with Gasteiger partial charge >= 0.3 is 12.1 Å². The molecule has 0 heterocycles. The minimum absolute atomic E-state index is 0.126. The van der Waals surface area contributed by atoms with E-state index in [1.807, 2.05) is 31.2 Å². The van der Waals surface area contributed by atoms with E-state index < -0.39 is 29.6 Å². The lowest BCUT2D eigenvalue weighted by molar-refractivity contribution is -0.137. The van der Waals surface area contributed by atoms with Crippen molar-refractivity contribution in [2.75, 3.05) is 0 Å². The van der Waals surface area contributed by atoms with Gasteiger partial charge in [0, 0.05) is 12.8 Å². The average molecular weight is 451 g/mol. The summed E-state index contributed by atoms with van der Waals surface area (Å²) in [5.74, 6) is -1.21. The Morgan fingerprint density at radius 2 is 1.72 bits per heavy atom. The molecule has 2 atom stereocenters. The van der Waals surface area contributed by atoms with Crippen LogP contribution in [0.1, 0.15) is 77.3 Å². The Kier molecular flexibility index (Phi) is 11.8. The molecular formula is C24H38N2O6. The molecule has 0 aromatic heterocycles. The van der Waals surface area contributed by atoms with E-state index in [1.165, 1.54) is 0 Å². The molecule has 0 fully saturated rings. The van der Waals surface area contributed by atoms with Gasteiger partial charge in [0.05, 0.1) is 18.8 Å². The Morgan fingerprint density at radius 3 is 2.31 bits per heavy atom. The normalized spacial score (nSPS) is 13.2. The highest BCUT2D eigenvalue weighted by Crippen LogP contribution is 2.17. The number of primary amides is 1. The summed E-state index contributed by atoms with van der Waals surface area (Å²) in [5, 5.41) is 11.5. The van der Waals surface area contributed by atoms with Crippen LogP contribution in [0.3, 0.4) is 0 Å². The SMILES string of the molecule is C[C@@H](OCc1ccccc1CCCCCC(=O)O)[C@H](CCC(N)=O)NC(=O)OC(C)(C)C. The first-order valence-corrected chi connectivity index (χ1v) is 11.2. The highest BCUT2D eigenvalue weighted by atomic mass is 16.6. The Hall–Kier alpha value is -2.61. The van der Waals surface area contributed by atoms with Crippen molar-refractivity contribution in [2.45, 2.75) is 97.0 Å². The molecule has 0 aliphatic carbocycles. The van der Waals surface area contributed by atoms with Crippen molar-refractivity contribution in [3.63, 3.8) is 0 Å². The smallest absolute Gasteiger partial charge is 0.407 e. The second kappa shape index (κ2) is 13.7. The lowest BCUT2D eigenvalue weighted by Crippen LogP contribution is -2.45. The summed E-state index contributed by atoms with van der Waals surface area (Å²) in [5.41, 5.74) is 6.85. The second-order valence-electron chi connectivity index (χ2n) is 9.00. The number of unbranched alkanes of at least 4 members (excludes halogenated alkanes) is 2. The minimum atomic E-state index is -0.765. The van der Waals surface area contributed by atoms with Gasteiger partial charge < -0.3 is 25.6 Å². The number of amides is 2. The third kappa shape index (κ3) is 12.3. The molecule has 4 N–H and O–H groups in total. The Morgan fingerprint density at radius 1 is 1.06 bits per heavy atom. The van der Waals surface area contributed by atoms with Crippen LogP contribution >= 0.6 is 0 Å². The maximum Gasteiger partial charge on any atom is 0.407 e. The molecule has 1 aromatic rings. The van der Waals surface area contributed by atoms with Crippen LogP contribution in [0.4, 0.5) is 4.79 Å².